The Bertz CT molecular complexity index is 743. The predicted molar refractivity (Wildman–Crippen MR) is 98.9 cm³/mol. The van der Waals surface area contributed by atoms with E-state index >= 15 is 0 Å². The fourth-order valence-electron chi connectivity index (χ4n) is 2.99. The Morgan fingerprint density at radius 3 is 2.68 bits per heavy atom. The van der Waals surface area contributed by atoms with Crippen LogP contribution in [0.2, 0.25) is 0 Å². The van der Waals surface area contributed by atoms with Crippen molar-refractivity contribution in [1.82, 2.24) is 15.2 Å². The molecule has 1 fully saturated rings. The summed E-state index contributed by atoms with van der Waals surface area (Å²) in [5.74, 6) is 0.0390. The number of hydrogen-bond acceptors (Lipinski definition) is 3. The maximum absolute atomic E-state index is 12.5. The van der Waals surface area contributed by atoms with E-state index in [0.717, 1.165) is 10.0 Å². The molecule has 5 nitrogen and oxygen atoms in total. The first-order valence-electron chi connectivity index (χ1n) is 8.35. The summed E-state index contributed by atoms with van der Waals surface area (Å²) < 4.78 is 0.892. The highest BCUT2D eigenvalue weighted by Crippen LogP contribution is 2.20. The van der Waals surface area contributed by atoms with E-state index in [-0.39, 0.29) is 17.7 Å². The van der Waals surface area contributed by atoms with Crippen molar-refractivity contribution >= 4 is 27.7 Å². The number of halogens is 1. The fourth-order valence-corrected chi connectivity index (χ4v) is 3.38. The van der Waals surface area contributed by atoms with Gasteiger partial charge in [0.15, 0.2) is 0 Å². The molecule has 2 aromatic rings. The number of piperidine rings is 1. The van der Waals surface area contributed by atoms with Crippen LogP contribution >= 0.6 is 15.9 Å². The molecule has 1 aromatic carbocycles. The summed E-state index contributed by atoms with van der Waals surface area (Å²) in [6.07, 6.45) is 4.85. The molecule has 0 aliphatic carbocycles. The van der Waals surface area contributed by atoms with Gasteiger partial charge in [0, 0.05) is 48.0 Å². The van der Waals surface area contributed by atoms with E-state index < -0.39 is 0 Å². The van der Waals surface area contributed by atoms with Gasteiger partial charge in [0.2, 0.25) is 5.91 Å². The second-order valence-corrected chi connectivity index (χ2v) is 7.07. The number of nitrogens with one attached hydrogen (secondary N) is 1. The topological polar surface area (TPSA) is 62.3 Å². The quantitative estimate of drug-likeness (QED) is 0.856. The summed E-state index contributed by atoms with van der Waals surface area (Å²) in [7, 11) is 0. The number of rotatable bonds is 4. The van der Waals surface area contributed by atoms with Crippen LogP contribution in [0.1, 0.15) is 28.8 Å². The van der Waals surface area contributed by atoms with Crippen LogP contribution in [0, 0.1) is 5.92 Å². The summed E-state index contributed by atoms with van der Waals surface area (Å²) in [5, 5.41) is 2.96. The van der Waals surface area contributed by atoms with Gasteiger partial charge in [-0.2, -0.15) is 0 Å². The molecule has 0 unspecified atom stereocenters. The summed E-state index contributed by atoms with van der Waals surface area (Å²) in [4.78, 5) is 30.7. The Hall–Kier alpha value is -2.21. The number of pyridine rings is 1. The lowest BCUT2D eigenvalue weighted by molar-refractivity contribution is -0.126. The zero-order valence-electron chi connectivity index (χ0n) is 13.8. The average molecular weight is 402 g/mol. The van der Waals surface area contributed by atoms with E-state index in [4.69, 9.17) is 0 Å². The third-order valence-corrected chi connectivity index (χ3v) is 4.91. The molecule has 0 bridgehead atoms. The Kier molecular flexibility index (Phi) is 5.81. The van der Waals surface area contributed by atoms with Gasteiger partial charge in [-0.3, -0.25) is 14.6 Å². The molecular weight excluding hydrogens is 382 g/mol. The zero-order valence-corrected chi connectivity index (χ0v) is 15.4. The normalized spacial score (nSPS) is 15.0. The Morgan fingerprint density at radius 1 is 1.20 bits per heavy atom. The minimum absolute atomic E-state index is 0.0236. The highest BCUT2D eigenvalue weighted by Gasteiger charge is 2.27. The number of hydrogen-bond donors (Lipinski definition) is 1. The van der Waals surface area contributed by atoms with Gasteiger partial charge >= 0.3 is 0 Å². The third-order valence-electron chi connectivity index (χ3n) is 4.41. The molecule has 1 saturated heterocycles. The van der Waals surface area contributed by atoms with E-state index in [2.05, 4.69) is 26.2 Å². The van der Waals surface area contributed by atoms with Crippen molar-refractivity contribution in [2.24, 2.45) is 5.92 Å². The summed E-state index contributed by atoms with van der Waals surface area (Å²) in [5.41, 5.74) is 1.66. The molecule has 0 spiro atoms. The van der Waals surface area contributed by atoms with Gasteiger partial charge in [-0.1, -0.05) is 28.1 Å². The molecule has 0 saturated carbocycles. The van der Waals surface area contributed by atoms with Gasteiger partial charge in [0.05, 0.1) is 0 Å². The van der Waals surface area contributed by atoms with Crippen molar-refractivity contribution in [3.63, 3.8) is 0 Å². The molecule has 6 heteroatoms. The molecule has 0 radical (unpaired) electrons. The Morgan fingerprint density at radius 2 is 2.00 bits per heavy atom. The molecule has 1 aromatic heterocycles. The van der Waals surface area contributed by atoms with Gasteiger partial charge in [-0.05, 0) is 42.7 Å². The van der Waals surface area contributed by atoms with Gasteiger partial charge in [0.1, 0.15) is 0 Å². The van der Waals surface area contributed by atoms with Crippen LogP contribution in [0.3, 0.4) is 0 Å². The molecule has 1 N–H and O–H groups in total. The number of nitrogens with zero attached hydrogens (tertiary/aromatic N) is 2. The summed E-state index contributed by atoms with van der Waals surface area (Å²) >= 11 is 3.39. The van der Waals surface area contributed by atoms with E-state index in [1.807, 2.05) is 41.3 Å². The highest BCUT2D eigenvalue weighted by molar-refractivity contribution is 9.10. The molecule has 25 heavy (non-hydrogen) atoms. The van der Waals surface area contributed by atoms with Crippen LogP contribution in [0.15, 0.2) is 53.3 Å². The fraction of sp³-hybridized carbons (Fsp3) is 0.316. The average Bonchev–Trinajstić information content (AvgIpc) is 2.66. The van der Waals surface area contributed by atoms with Crippen molar-refractivity contribution < 1.29 is 9.59 Å². The van der Waals surface area contributed by atoms with Gasteiger partial charge in [-0.15, -0.1) is 0 Å². The molecule has 130 valence electrons. The smallest absolute Gasteiger partial charge is 0.253 e. The van der Waals surface area contributed by atoms with Crippen molar-refractivity contribution in [2.75, 3.05) is 13.1 Å². The second kappa shape index (κ2) is 8.25. The number of carbonyl (C=O) groups excluding carboxylic acids is 2. The van der Waals surface area contributed by atoms with Gasteiger partial charge in [0.25, 0.3) is 5.91 Å². The molecule has 3 rings (SSSR count). The molecular formula is C19H20BrN3O2. The maximum Gasteiger partial charge on any atom is 0.253 e. The molecule has 2 heterocycles. The van der Waals surface area contributed by atoms with Crippen LogP contribution in [0.4, 0.5) is 0 Å². The lowest BCUT2D eigenvalue weighted by Crippen LogP contribution is -2.42. The van der Waals surface area contributed by atoms with Crippen LogP contribution in [-0.2, 0) is 11.3 Å². The first-order valence-corrected chi connectivity index (χ1v) is 9.14. The van der Waals surface area contributed by atoms with E-state index in [1.54, 1.807) is 12.4 Å². The SMILES string of the molecule is O=C(NCc1cccnc1)C1CCN(C(=O)c2cccc(Br)c2)CC1. The monoisotopic (exact) mass is 401 g/mol. The molecule has 1 aliphatic heterocycles. The largest absolute Gasteiger partial charge is 0.352 e. The van der Waals surface area contributed by atoms with Crippen molar-refractivity contribution in [3.05, 3.63) is 64.4 Å². The van der Waals surface area contributed by atoms with E-state index in [0.29, 0.717) is 38.0 Å². The number of benzene rings is 1. The molecule has 0 atom stereocenters. The minimum atomic E-state index is -0.0387. The van der Waals surface area contributed by atoms with Gasteiger partial charge < -0.3 is 10.2 Å². The highest BCUT2D eigenvalue weighted by atomic mass is 79.9. The lowest BCUT2D eigenvalue weighted by atomic mass is 9.95. The van der Waals surface area contributed by atoms with E-state index in [1.165, 1.54) is 0 Å². The lowest BCUT2D eigenvalue weighted by Gasteiger charge is -2.31. The summed E-state index contributed by atoms with van der Waals surface area (Å²) in [6.45, 7) is 1.70. The number of likely N-dealkylation sites (tertiary alicyclic amines) is 1. The maximum atomic E-state index is 12.5. The standard InChI is InChI=1S/C19H20BrN3O2/c20-17-5-1-4-16(11-17)19(25)23-9-6-15(7-10-23)18(24)22-13-14-3-2-8-21-12-14/h1-5,8,11-12,15H,6-7,9-10,13H2,(H,22,24). The first kappa shape index (κ1) is 17.6. The Labute approximate surface area is 155 Å². The van der Waals surface area contributed by atoms with Crippen molar-refractivity contribution in [3.8, 4) is 0 Å². The van der Waals surface area contributed by atoms with Crippen LogP contribution in [0.25, 0.3) is 0 Å². The number of aromatic nitrogens is 1. The summed E-state index contributed by atoms with van der Waals surface area (Å²) in [6, 6.07) is 11.2. The number of carbonyl (C=O) groups is 2. The van der Waals surface area contributed by atoms with Gasteiger partial charge in [-0.25, -0.2) is 0 Å². The second-order valence-electron chi connectivity index (χ2n) is 6.16. The minimum Gasteiger partial charge on any atom is -0.352 e. The van der Waals surface area contributed by atoms with Crippen molar-refractivity contribution in [1.29, 1.82) is 0 Å². The first-order chi connectivity index (χ1) is 12.1. The number of amides is 2. The Balaban J connectivity index is 1.49. The van der Waals surface area contributed by atoms with E-state index in [9.17, 15) is 9.59 Å². The predicted octanol–water partition coefficient (Wildman–Crippen LogP) is 3.01. The van der Waals surface area contributed by atoms with Crippen LogP contribution in [0.5, 0.6) is 0 Å². The third kappa shape index (κ3) is 4.66. The molecule has 2 amide bonds. The van der Waals surface area contributed by atoms with Crippen LogP contribution < -0.4 is 5.32 Å². The van der Waals surface area contributed by atoms with Crippen LogP contribution in [-0.4, -0.2) is 34.8 Å². The van der Waals surface area contributed by atoms with Crippen molar-refractivity contribution in [2.45, 2.75) is 19.4 Å². The zero-order chi connectivity index (χ0) is 17.6. The molecule has 1 aliphatic rings.